The Morgan fingerprint density at radius 3 is 2.26 bits per heavy atom. The molecule has 7 heteroatoms. The van der Waals surface area contributed by atoms with Gasteiger partial charge in [0, 0.05) is 15.7 Å². The average molecular weight is 349 g/mol. The van der Waals surface area contributed by atoms with Crippen LogP contribution < -0.4 is 5.32 Å². The van der Waals surface area contributed by atoms with Crippen molar-refractivity contribution < 1.29 is 14.3 Å². The number of anilines is 1. The number of nitrogens with one attached hydrogen (secondary N) is 1. The van der Waals surface area contributed by atoms with Crippen LogP contribution in [0, 0.1) is 11.3 Å². The first-order chi connectivity index (χ1) is 11.0. The van der Waals surface area contributed by atoms with E-state index in [2.05, 4.69) is 5.32 Å². The van der Waals surface area contributed by atoms with E-state index in [9.17, 15) is 9.59 Å². The maximum Gasteiger partial charge on any atom is 0.338 e. The minimum absolute atomic E-state index is 0.161. The van der Waals surface area contributed by atoms with E-state index in [4.69, 9.17) is 33.2 Å². The van der Waals surface area contributed by atoms with E-state index in [1.165, 1.54) is 18.2 Å². The molecule has 0 aliphatic heterocycles. The number of nitriles is 1. The maximum atomic E-state index is 11.8. The van der Waals surface area contributed by atoms with Gasteiger partial charge in [0.05, 0.1) is 17.2 Å². The quantitative estimate of drug-likeness (QED) is 0.855. The predicted molar refractivity (Wildman–Crippen MR) is 86.5 cm³/mol. The van der Waals surface area contributed by atoms with Crippen LogP contribution in [0.25, 0.3) is 0 Å². The third-order valence-electron chi connectivity index (χ3n) is 2.73. The summed E-state index contributed by atoms with van der Waals surface area (Å²) in [5, 5.41) is 11.8. The summed E-state index contributed by atoms with van der Waals surface area (Å²) < 4.78 is 4.90. The molecular weight excluding hydrogens is 339 g/mol. The molecule has 0 atom stereocenters. The average Bonchev–Trinajstić information content (AvgIpc) is 2.52. The number of halogens is 2. The number of hydrogen-bond donors (Lipinski definition) is 1. The maximum absolute atomic E-state index is 11.8. The number of esters is 1. The van der Waals surface area contributed by atoms with E-state index in [1.807, 2.05) is 6.07 Å². The molecule has 0 radical (unpaired) electrons. The molecule has 116 valence electrons. The molecule has 2 aromatic rings. The summed E-state index contributed by atoms with van der Waals surface area (Å²) in [5.41, 5.74) is 1.14. The Labute approximate surface area is 142 Å². The molecule has 1 amide bonds. The highest BCUT2D eigenvalue weighted by atomic mass is 35.5. The van der Waals surface area contributed by atoms with Crippen LogP contribution in [-0.2, 0) is 9.53 Å². The monoisotopic (exact) mass is 348 g/mol. The topological polar surface area (TPSA) is 79.2 Å². The van der Waals surface area contributed by atoms with Gasteiger partial charge in [-0.05, 0) is 42.5 Å². The molecule has 0 bridgehead atoms. The van der Waals surface area contributed by atoms with Crippen molar-refractivity contribution in [3.05, 3.63) is 63.6 Å². The van der Waals surface area contributed by atoms with E-state index in [-0.39, 0.29) is 5.56 Å². The molecule has 0 aliphatic rings. The highest BCUT2D eigenvalue weighted by Gasteiger charge is 2.12. The highest BCUT2D eigenvalue weighted by Crippen LogP contribution is 2.19. The minimum Gasteiger partial charge on any atom is -0.452 e. The van der Waals surface area contributed by atoms with Crippen LogP contribution in [0.2, 0.25) is 10.0 Å². The summed E-state index contributed by atoms with van der Waals surface area (Å²) in [6.45, 7) is -0.455. The van der Waals surface area contributed by atoms with Gasteiger partial charge in [-0.1, -0.05) is 23.2 Å². The van der Waals surface area contributed by atoms with Crippen molar-refractivity contribution in [2.75, 3.05) is 11.9 Å². The number of carbonyl (C=O) groups excluding carboxylic acids is 2. The zero-order chi connectivity index (χ0) is 16.8. The molecule has 5 nitrogen and oxygen atoms in total. The molecule has 0 heterocycles. The Bertz CT molecular complexity index is 763. The fourth-order valence-corrected chi connectivity index (χ4v) is 2.24. The number of benzene rings is 2. The van der Waals surface area contributed by atoms with Gasteiger partial charge in [-0.2, -0.15) is 5.26 Å². The molecule has 23 heavy (non-hydrogen) atoms. The fraction of sp³-hybridized carbons (Fsp3) is 0.0625. The van der Waals surface area contributed by atoms with E-state index < -0.39 is 18.5 Å². The first-order valence-corrected chi connectivity index (χ1v) is 7.17. The lowest BCUT2D eigenvalue weighted by Gasteiger charge is -2.07. The molecule has 1 N–H and O–H groups in total. The summed E-state index contributed by atoms with van der Waals surface area (Å²) in [7, 11) is 0. The Morgan fingerprint density at radius 2 is 1.70 bits per heavy atom. The van der Waals surface area contributed by atoms with E-state index in [1.54, 1.807) is 24.3 Å². The SMILES string of the molecule is N#Cc1ccc(NC(=O)COC(=O)c2cc(Cl)cc(Cl)c2)cc1. The summed E-state index contributed by atoms with van der Waals surface area (Å²) >= 11 is 11.6. The van der Waals surface area contributed by atoms with Crippen LogP contribution in [-0.4, -0.2) is 18.5 Å². The van der Waals surface area contributed by atoms with Crippen molar-refractivity contribution in [3.63, 3.8) is 0 Å². The van der Waals surface area contributed by atoms with Gasteiger partial charge >= 0.3 is 5.97 Å². The van der Waals surface area contributed by atoms with Crippen molar-refractivity contribution in [1.29, 1.82) is 5.26 Å². The van der Waals surface area contributed by atoms with Gasteiger partial charge in [0.25, 0.3) is 5.91 Å². The molecule has 0 fully saturated rings. The number of carbonyl (C=O) groups is 2. The number of nitrogens with zero attached hydrogens (tertiary/aromatic N) is 1. The second kappa shape index (κ2) is 7.63. The highest BCUT2D eigenvalue weighted by molar-refractivity contribution is 6.35. The van der Waals surface area contributed by atoms with Gasteiger partial charge in [0.2, 0.25) is 0 Å². The zero-order valence-corrected chi connectivity index (χ0v) is 13.2. The predicted octanol–water partition coefficient (Wildman–Crippen LogP) is 3.66. The Balaban J connectivity index is 1.90. The molecule has 0 spiro atoms. The largest absolute Gasteiger partial charge is 0.452 e. The van der Waals surface area contributed by atoms with E-state index >= 15 is 0 Å². The minimum atomic E-state index is -0.704. The molecule has 2 aromatic carbocycles. The van der Waals surface area contributed by atoms with Gasteiger partial charge in [-0.3, -0.25) is 4.79 Å². The molecule has 0 aliphatic carbocycles. The van der Waals surface area contributed by atoms with Gasteiger partial charge in [-0.15, -0.1) is 0 Å². The molecule has 2 rings (SSSR count). The van der Waals surface area contributed by atoms with Gasteiger partial charge < -0.3 is 10.1 Å². The lowest BCUT2D eigenvalue weighted by atomic mass is 10.2. The number of rotatable bonds is 4. The zero-order valence-electron chi connectivity index (χ0n) is 11.7. The smallest absolute Gasteiger partial charge is 0.338 e. The number of hydrogen-bond acceptors (Lipinski definition) is 4. The van der Waals surface area contributed by atoms with Crippen molar-refractivity contribution in [1.82, 2.24) is 0 Å². The molecule has 0 saturated heterocycles. The van der Waals surface area contributed by atoms with E-state index in [0.29, 0.717) is 21.3 Å². The molecular formula is C16H10Cl2N2O3. The lowest BCUT2D eigenvalue weighted by molar-refractivity contribution is -0.119. The first kappa shape index (κ1) is 16.8. The third kappa shape index (κ3) is 4.99. The lowest BCUT2D eigenvalue weighted by Crippen LogP contribution is -2.20. The van der Waals surface area contributed by atoms with Gasteiger partial charge in [0.1, 0.15) is 0 Å². The van der Waals surface area contributed by atoms with Crippen LogP contribution in [0.3, 0.4) is 0 Å². The second-order valence-corrected chi connectivity index (χ2v) is 5.34. The number of ether oxygens (including phenoxy) is 1. The second-order valence-electron chi connectivity index (χ2n) is 4.47. The third-order valence-corrected chi connectivity index (χ3v) is 3.17. The standard InChI is InChI=1S/C16H10Cl2N2O3/c17-12-5-11(6-13(18)7-12)16(22)23-9-15(21)20-14-3-1-10(8-19)2-4-14/h1-7H,9H2,(H,20,21). The summed E-state index contributed by atoms with van der Waals surface area (Å²) in [6.07, 6.45) is 0. The van der Waals surface area contributed by atoms with Crippen LogP contribution in [0.1, 0.15) is 15.9 Å². The summed E-state index contributed by atoms with van der Waals surface area (Å²) in [5.74, 6) is -1.21. The van der Waals surface area contributed by atoms with Crippen molar-refractivity contribution in [2.45, 2.75) is 0 Å². The van der Waals surface area contributed by atoms with Gasteiger partial charge in [0.15, 0.2) is 6.61 Å². The summed E-state index contributed by atoms with van der Waals surface area (Å²) in [6, 6.07) is 12.5. The first-order valence-electron chi connectivity index (χ1n) is 6.41. The van der Waals surface area contributed by atoms with E-state index in [0.717, 1.165) is 0 Å². The fourth-order valence-electron chi connectivity index (χ4n) is 1.71. The summed E-state index contributed by atoms with van der Waals surface area (Å²) in [4.78, 5) is 23.6. The Hall–Kier alpha value is -2.55. The normalized spacial score (nSPS) is 9.78. The van der Waals surface area contributed by atoms with Crippen LogP contribution >= 0.6 is 23.2 Å². The van der Waals surface area contributed by atoms with Crippen molar-refractivity contribution in [2.24, 2.45) is 0 Å². The van der Waals surface area contributed by atoms with Crippen molar-refractivity contribution >= 4 is 40.8 Å². The molecule has 0 unspecified atom stereocenters. The van der Waals surface area contributed by atoms with Crippen LogP contribution in [0.15, 0.2) is 42.5 Å². The Morgan fingerprint density at radius 1 is 1.09 bits per heavy atom. The van der Waals surface area contributed by atoms with Crippen LogP contribution in [0.4, 0.5) is 5.69 Å². The van der Waals surface area contributed by atoms with Crippen molar-refractivity contribution in [3.8, 4) is 6.07 Å². The van der Waals surface area contributed by atoms with Crippen LogP contribution in [0.5, 0.6) is 0 Å². The van der Waals surface area contributed by atoms with Gasteiger partial charge in [-0.25, -0.2) is 4.79 Å². The molecule has 0 saturated carbocycles. The Kier molecular flexibility index (Phi) is 5.58. The molecule has 0 aromatic heterocycles. The number of amides is 1.